The van der Waals surface area contributed by atoms with Gasteiger partial charge in [0, 0.05) is 42.4 Å². The second kappa shape index (κ2) is 13.4. The number of carbonyl (C=O) groups excluding carboxylic acids is 2. The number of rotatable bonds is 10. The molecule has 3 amide bonds. The summed E-state index contributed by atoms with van der Waals surface area (Å²) < 4.78 is 93.4. The molecular weight excluding hydrogens is 593 g/mol. The van der Waals surface area contributed by atoms with E-state index < -0.39 is 53.5 Å². The van der Waals surface area contributed by atoms with Gasteiger partial charge in [0.05, 0.1) is 11.1 Å². The van der Waals surface area contributed by atoms with Crippen molar-refractivity contribution in [2.24, 2.45) is 0 Å². The van der Waals surface area contributed by atoms with Crippen molar-refractivity contribution in [1.82, 2.24) is 14.8 Å². The van der Waals surface area contributed by atoms with Gasteiger partial charge in [0.25, 0.3) is 0 Å². The number of alkyl halides is 6. The summed E-state index contributed by atoms with van der Waals surface area (Å²) in [4.78, 5) is 32.3. The van der Waals surface area contributed by atoms with Gasteiger partial charge < -0.3 is 20.1 Å². The number of nitrogens with zero attached hydrogens (tertiary/aromatic N) is 2. The highest BCUT2D eigenvalue weighted by Gasteiger charge is 2.37. The van der Waals surface area contributed by atoms with Gasteiger partial charge in [0.2, 0.25) is 5.91 Å². The number of amides is 3. The minimum Gasteiger partial charge on any atom is -0.361 e. The molecule has 0 saturated heterocycles. The summed E-state index contributed by atoms with van der Waals surface area (Å²) in [6.07, 6.45) is -7.57. The van der Waals surface area contributed by atoms with Crippen LogP contribution in [0.15, 0.2) is 72.9 Å². The van der Waals surface area contributed by atoms with Gasteiger partial charge in [-0.05, 0) is 60.4 Å². The van der Waals surface area contributed by atoms with Crippen LogP contribution in [0.2, 0.25) is 0 Å². The molecule has 4 aromatic rings. The van der Waals surface area contributed by atoms with E-state index in [9.17, 15) is 40.3 Å². The molecule has 0 aliphatic carbocycles. The molecule has 0 saturated carbocycles. The fourth-order valence-electron chi connectivity index (χ4n) is 4.71. The Morgan fingerprint density at radius 1 is 0.841 bits per heavy atom. The van der Waals surface area contributed by atoms with Crippen molar-refractivity contribution in [3.63, 3.8) is 0 Å². The van der Waals surface area contributed by atoms with Gasteiger partial charge in [-0.25, -0.2) is 9.18 Å². The highest BCUT2D eigenvalue weighted by molar-refractivity contribution is 5.92. The Morgan fingerprint density at radius 2 is 1.48 bits per heavy atom. The average Bonchev–Trinajstić information content (AvgIpc) is 3.38. The van der Waals surface area contributed by atoms with E-state index in [1.807, 2.05) is 30.5 Å². The number of benzene rings is 3. The minimum atomic E-state index is -5.09. The van der Waals surface area contributed by atoms with Crippen molar-refractivity contribution >= 4 is 28.5 Å². The number of hydrogen-bond acceptors (Lipinski definition) is 2. The van der Waals surface area contributed by atoms with Gasteiger partial charge >= 0.3 is 18.4 Å². The molecule has 1 heterocycles. The number of H-pyrrole nitrogens is 1. The smallest absolute Gasteiger partial charge is 0.361 e. The first kappa shape index (κ1) is 32.4. The number of aromatic amines is 1. The molecule has 234 valence electrons. The summed E-state index contributed by atoms with van der Waals surface area (Å²) in [5.41, 5.74) is -1.41. The fraction of sp³-hybridized carbons (Fsp3) is 0.290. The van der Waals surface area contributed by atoms with Crippen molar-refractivity contribution in [3.05, 3.63) is 101 Å². The quantitative estimate of drug-likeness (QED) is 0.177. The molecule has 4 rings (SSSR count). The van der Waals surface area contributed by atoms with Gasteiger partial charge in [-0.15, -0.1) is 0 Å². The zero-order chi connectivity index (χ0) is 32.1. The number of halogens is 7. The minimum absolute atomic E-state index is 0.00447. The van der Waals surface area contributed by atoms with Crippen molar-refractivity contribution in [2.75, 3.05) is 25.0 Å². The largest absolute Gasteiger partial charge is 0.416 e. The summed E-state index contributed by atoms with van der Waals surface area (Å²) in [6, 6.07) is 12.9. The van der Waals surface area contributed by atoms with Crippen LogP contribution in [0.25, 0.3) is 10.9 Å². The molecule has 0 radical (unpaired) electrons. The summed E-state index contributed by atoms with van der Waals surface area (Å²) in [7, 11) is 0. The molecule has 3 aromatic carbocycles. The average molecular weight is 623 g/mol. The monoisotopic (exact) mass is 622 g/mol. The zero-order valence-electron chi connectivity index (χ0n) is 23.5. The van der Waals surface area contributed by atoms with E-state index >= 15 is 0 Å². The molecule has 44 heavy (non-hydrogen) atoms. The third-order valence-electron chi connectivity index (χ3n) is 6.91. The number of hydrogen-bond donors (Lipinski definition) is 2. The van der Waals surface area contributed by atoms with Crippen molar-refractivity contribution in [2.45, 2.75) is 38.7 Å². The van der Waals surface area contributed by atoms with Gasteiger partial charge in [-0.3, -0.25) is 4.79 Å². The summed E-state index contributed by atoms with van der Waals surface area (Å²) in [5, 5.41) is 3.06. The maximum absolute atomic E-state index is 13.6. The zero-order valence-corrected chi connectivity index (χ0v) is 23.5. The van der Waals surface area contributed by atoms with Crippen LogP contribution >= 0.6 is 0 Å². The summed E-state index contributed by atoms with van der Waals surface area (Å²) in [5.74, 6) is -0.975. The highest BCUT2D eigenvalue weighted by atomic mass is 19.4. The second-order valence-corrected chi connectivity index (χ2v) is 10.2. The van der Waals surface area contributed by atoms with Crippen molar-refractivity contribution < 1.29 is 40.3 Å². The molecule has 2 N–H and O–H groups in total. The first-order chi connectivity index (χ1) is 20.7. The van der Waals surface area contributed by atoms with Crippen molar-refractivity contribution in [1.29, 1.82) is 0 Å². The number of para-hydroxylation sites is 1. The lowest BCUT2D eigenvalue weighted by Gasteiger charge is -2.28. The Morgan fingerprint density at radius 3 is 2.09 bits per heavy atom. The lowest BCUT2D eigenvalue weighted by Crippen LogP contribution is -2.45. The number of nitrogens with one attached hydrogen (secondary N) is 2. The van der Waals surface area contributed by atoms with Gasteiger partial charge in [-0.1, -0.05) is 37.3 Å². The molecular formula is C31H29F7N4O2. The standard InChI is InChI=1S/C31H29F7N4O2/c1-2-12-42(29(44)40-25-15-22(30(33,34)35)14-23(16-25)31(36,37)38)19-28(43)41(18-20-7-9-24(32)10-8-20)13-11-21-17-39-27-6-4-3-5-26(21)27/h3-10,14-17,39H,2,11-13,18-19H2,1H3,(H,40,44). The van der Waals surface area contributed by atoms with E-state index in [0.29, 0.717) is 30.5 Å². The molecule has 0 aliphatic rings. The van der Waals surface area contributed by atoms with E-state index in [1.54, 1.807) is 6.92 Å². The number of anilines is 1. The number of aromatic nitrogens is 1. The van der Waals surface area contributed by atoms with Crippen LogP contribution in [0.1, 0.15) is 35.6 Å². The van der Waals surface area contributed by atoms with Crippen LogP contribution in [0.5, 0.6) is 0 Å². The first-order valence-corrected chi connectivity index (χ1v) is 13.7. The van der Waals surface area contributed by atoms with Crippen LogP contribution in [0.4, 0.5) is 41.2 Å². The second-order valence-electron chi connectivity index (χ2n) is 10.2. The Balaban J connectivity index is 1.55. The number of fused-ring (bicyclic) bond motifs is 1. The lowest BCUT2D eigenvalue weighted by atomic mass is 10.1. The van der Waals surface area contributed by atoms with Crippen LogP contribution in [-0.2, 0) is 30.1 Å². The molecule has 1 aromatic heterocycles. The van der Waals surface area contributed by atoms with Gasteiger partial charge in [-0.2, -0.15) is 26.3 Å². The maximum atomic E-state index is 13.6. The summed E-state index contributed by atoms with van der Waals surface area (Å²) in [6.45, 7) is 1.48. The highest BCUT2D eigenvalue weighted by Crippen LogP contribution is 2.37. The summed E-state index contributed by atoms with van der Waals surface area (Å²) >= 11 is 0. The predicted molar refractivity (Wildman–Crippen MR) is 151 cm³/mol. The van der Waals surface area contributed by atoms with E-state index in [0.717, 1.165) is 21.4 Å². The maximum Gasteiger partial charge on any atom is 0.416 e. The fourth-order valence-corrected chi connectivity index (χ4v) is 4.71. The third kappa shape index (κ3) is 8.29. The van der Waals surface area contributed by atoms with E-state index in [4.69, 9.17) is 0 Å². The Labute approximate surface area is 248 Å². The Hall–Kier alpha value is -4.55. The van der Waals surface area contributed by atoms with Gasteiger partial charge in [0.15, 0.2) is 0 Å². The third-order valence-corrected chi connectivity index (χ3v) is 6.91. The van der Waals surface area contributed by atoms with E-state index in [2.05, 4.69) is 10.3 Å². The number of carbonyl (C=O) groups is 2. The SMILES string of the molecule is CCCN(CC(=O)N(CCc1c[nH]c2ccccc12)Cc1ccc(F)cc1)C(=O)Nc1cc(C(F)(F)F)cc(C(F)(F)F)c1. The topological polar surface area (TPSA) is 68.4 Å². The molecule has 0 fully saturated rings. The van der Waals surface area contributed by atoms with Crippen molar-refractivity contribution in [3.8, 4) is 0 Å². The van der Waals surface area contributed by atoms with Gasteiger partial charge in [0.1, 0.15) is 12.4 Å². The van der Waals surface area contributed by atoms with Crippen LogP contribution in [0.3, 0.4) is 0 Å². The molecule has 6 nitrogen and oxygen atoms in total. The van der Waals surface area contributed by atoms with Crippen LogP contribution < -0.4 is 5.32 Å². The molecule has 0 atom stereocenters. The predicted octanol–water partition coefficient (Wildman–Crippen LogP) is 7.86. The van der Waals surface area contributed by atoms with Crippen LogP contribution in [0, 0.1) is 5.82 Å². The van der Waals surface area contributed by atoms with E-state index in [1.165, 1.54) is 29.2 Å². The molecule has 0 unspecified atom stereocenters. The van der Waals surface area contributed by atoms with Crippen LogP contribution in [-0.4, -0.2) is 46.4 Å². The first-order valence-electron chi connectivity index (χ1n) is 13.7. The molecule has 13 heteroatoms. The van der Waals surface area contributed by atoms with E-state index in [-0.39, 0.29) is 25.7 Å². The normalized spacial score (nSPS) is 11.9. The molecule has 0 aliphatic heterocycles. The molecule has 0 bridgehead atoms. The lowest BCUT2D eigenvalue weighted by molar-refractivity contribution is -0.143. The Bertz CT molecular complexity index is 1570. The number of urea groups is 1. The Kier molecular flexibility index (Phi) is 9.85. The molecule has 0 spiro atoms.